The first kappa shape index (κ1) is 15.0. The number of nitrogens with zero attached hydrogens (tertiary/aromatic N) is 1. The third-order valence-electron chi connectivity index (χ3n) is 3.17. The summed E-state index contributed by atoms with van der Waals surface area (Å²) < 4.78 is 5.94. The molecule has 0 aliphatic rings. The van der Waals surface area contributed by atoms with E-state index in [1.54, 1.807) is 0 Å². The summed E-state index contributed by atoms with van der Waals surface area (Å²) >= 11 is 3.53. The zero-order valence-corrected chi connectivity index (χ0v) is 13.0. The molecule has 0 spiro atoms. The fraction of sp³-hybridized carbons (Fsp3) is 0.533. The Morgan fingerprint density at radius 1 is 1.28 bits per heavy atom. The molecule has 0 saturated heterocycles. The maximum absolute atomic E-state index is 8.91. The fourth-order valence-electron chi connectivity index (χ4n) is 1.85. The highest BCUT2D eigenvalue weighted by Crippen LogP contribution is 2.26. The summed E-state index contributed by atoms with van der Waals surface area (Å²) in [6.07, 6.45) is 0. The molecule has 0 aliphatic carbocycles. The van der Waals surface area contributed by atoms with E-state index in [4.69, 9.17) is 10.00 Å². The Morgan fingerprint density at radius 2 is 1.83 bits per heavy atom. The Morgan fingerprint density at radius 3 is 2.22 bits per heavy atom. The number of aryl methyl sites for hydroxylation is 2. The van der Waals surface area contributed by atoms with E-state index in [0.29, 0.717) is 24.0 Å². The van der Waals surface area contributed by atoms with Crippen LogP contribution in [0.4, 0.5) is 0 Å². The van der Waals surface area contributed by atoms with Crippen LogP contribution in [0.25, 0.3) is 0 Å². The summed E-state index contributed by atoms with van der Waals surface area (Å²) in [4.78, 5) is 0. The highest BCUT2D eigenvalue weighted by molar-refractivity contribution is 9.09. The van der Waals surface area contributed by atoms with Gasteiger partial charge in [-0.1, -0.05) is 29.8 Å². The SMILES string of the molecule is Cc1cc(C#N)cc(C)c1OCC(CBr)C(C)C. The van der Waals surface area contributed by atoms with Gasteiger partial charge in [-0.25, -0.2) is 0 Å². The van der Waals surface area contributed by atoms with Gasteiger partial charge in [0.05, 0.1) is 18.2 Å². The molecule has 0 radical (unpaired) electrons. The van der Waals surface area contributed by atoms with Gasteiger partial charge in [0, 0.05) is 11.2 Å². The molecule has 98 valence electrons. The van der Waals surface area contributed by atoms with Crippen molar-refractivity contribution >= 4 is 15.9 Å². The Kier molecular flexibility index (Phi) is 5.68. The average Bonchev–Trinajstić information content (AvgIpc) is 2.32. The zero-order chi connectivity index (χ0) is 13.7. The topological polar surface area (TPSA) is 33.0 Å². The highest BCUT2D eigenvalue weighted by atomic mass is 79.9. The first-order chi connectivity index (χ1) is 8.49. The van der Waals surface area contributed by atoms with Gasteiger partial charge in [-0.3, -0.25) is 0 Å². The van der Waals surface area contributed by atoms with Crippen molar-refractivity contribution in [1.29, 1.82) is 5.26 Å². The third-order valence-corrected chi connectivity index (χ3v) is 4.00. The molecule has 1 aromatic carbocycles. The van der Waals surface area contributed by atoms with E-state index in [2.05, 4.69) is 35.8 Å². The molecule has 0 aliphatic heterocycles. The predicted octanol–water partition coefficient (Wildman–Crippen LogP) is 4.22. The minimum absolute atomic E-state index is 0.499. The van der Waals surface area contributed by atoms with Crippen molar-refractivity contribution in [2.45, 2.75) is 27.7 Å². The number of hydrogen-bond donors (Lipinski definition) is 0. The second-order valence-electron chi connectivity index (χ2n) is 5.02. The normalized spacial score (nSPS) is 12.3. The number of ether oxygens (including phenoxy) is 1. The maximum atomic E-state index is 8.91. The highest BCUT2D eigenvalue weighted by Gasteiger charge is 2.14. The van der Waals surface area contributed by atoms with Crippen molar-refractivity contribution in [3.05, 3.63) is 28.8 Å². The van der Waals surface area contributed by atoms with Crippen LogP contribution in [0.2, 0.25) is 0 Å². The summed E-state index contributed by atoms with van der Waals surface area (Å²) in [7, 11) is 0. The molecule has 1 rings (SSSR count). The van der Waals surface area contributed by atoms with Crippen molar-refractivity contribution in [3.63, 3.8) is 0 Å². The number of hydrogen-bond acceptors (Lipinski definition) is 2. The van der Waals surface area contributed by atoms with Crippen LogP contribution in [0.3, 0.4) is 0 Å². The predicted molar refractivity (Wildman–Crippen MR) is 78.2 cm³/mol. The second kappa shape index (κ2) is 6.80. The maximum Gasteiger partial charge on any atom is 0.125 e. The van der Waals surface area contributed by atoms with Gasteiger partial charge in [-0.15, -0.1) is 0 Å². The molecule has 0 bridgehead atoms. The van der Waals surface area contributed by atoms with E-state index < -0.39 is 0 Å². The Bertz CT molecular complexity index is 425. The zero-order valence-electron chi connectivity index (χ0n) is 11.5. The van der Waals surface area contributed by atoms with E-state index in [1.165, 1.54) is 0 Å². The summed E-state index contributed by atoms with van der Waals surface area (Å²) in [5.74, 6) is 2.00. The first-order valence-electron chi connectivity index (χ1n) is 6.19. The molecule has 0 aromatic heterocycles. The van der Waals surface area contributed by atoms with Gasteiger partial charge >= 0.3 is 0 Å². The van der Waals surface area contributed by atoms with Crippen molar-refractivity contribution in [2.24, 2.45) is 11.8 Å². The first-order valence-corrected chi connectivity index (χ1v) is 7.31. The van der Waals surface area contributed by atoms with Crippen LogP contribution in [0.1, 0.15) is 30.5 Å². The molecule has 1 aromatic rings. The summed E-state index contributed by atoms with van der Waals surface area (Å²) in [5.41, 5.74) is 2.76. The quantitative estimate of drug-likeness (QED) is 0.763. The second-order valence-corrected chi connectivity index (χ2v) is 5.67. The average molecular weight is 310 g/mol. The molecule has 2 nitrogen and oxygen atoms in total. The summed E-state index contributed by atoms with van der Waals surface area (Å²) in [5, 5.41) is 9.85. The standard InChI is InChI=1S/C15H20BrNO/c1-10(2)14(7-16)9-18-15-11(3)5-13(8-17)6-12(15)4/h5-6,10,14H,7,9H2,1-4H3. The Hall–Kier alpha value is -1.01. The van der Waals surface area contributed by atoms with Crippen molar-refractivity contribution < 1.29 is 4.74 Å². The van der Waals surface area contributed by atoms with Gasteiger partial charge in [0.15, 0.2) is 0 Å². The van der Waals surface area contributed by atoms with Crippen molar-refractivity contribution in [1.82, 2.24) is 0 Å². The van der Waals surface area contributed by atoms with Crippen molar-refractivity contribution in [3.8, 4) is 11.8 Å². The number of alkyl halides is 1. The monoisotopic (exact) mass is 309 g/mol. The van der Waals surface area contributed by atoms with Gasteiger partial charge < -0.3 is 4.74 Å². The van der Waals surface area contributed by atoms with E-state index in [1.807, 2.05) is 26.0 Å². The lowest BCUT2D eigenvalue weighted by Crippen LogP contribution is -2.19. The Labute approximate surface area is 118 Å². The smallest absolute Gasteiger partial charge is 0.125 e. The van der Waals surface area contributed by atoms with Crippen LogP contribution >= 0.6 is 15.9 Å². The molecular weight excluding hydrogens is 290 g/mol. The van der Waals surface area contributed by atoms with Crippen LogP contribution in [0.5, 0.6) is 5.75 Å². The fourth-order valence-corrected chi connectivity index (χ4v) is 2.78. The molecule has 3 heteroatoms. The lowest BCUT2D eigenvalue weighted by atomic mass is 9.99. The minimum atomic E-state index is 0.499. The van der Waals surface area contributed by atoms with Gasteiger partial charge in [-0.05, 0) is 43.0 Å². The molecule has 0 saturated carbocycles. The van der Waals surface area contributed by atoms with Gasteiger partial charge in [0.2, 0.25) is 0 Å². The largest absolute Gasteiger partial charge is 0.493 e. The van der Waals surface area contributed by atoms with Crippen LogP contribution in [0, 0.1) is 37.0 Å². The molecule has 0 fully saturated rings. The van der Waals surface area contributed by atoms with Gasteiger partial charge in [-0.2, -0.15) is 5.26 Å². The number of benzene rings is 1. The Balaban J connectivity index is 2.83. The van der Waals surface area contributed by atoms with Crippen LogP contribution in [-0.4, -0.2) is 11.9 Å². The molecule has 0 N–H and O–H groups in total. The lowest BCUT2D eigenvalue weighted by Gasteiger charge is -2.20. The number of halogens is 1. The van der Waals surface area contributed by atoms with Crippen LogP contribution in [-0.2, 0) is 0 Å². The number of rotatable bonds is 5. The van der Waals surface area contributed by atoms with Gasteiger partial charge in [0.1, 0.15) is 5.75 Å². The summed E-state index contributed by atoms with van der Waals surface area (Å²) in [6, 6.07) is 5.92. The summed E-state index contributed by atoms with van der Waals surface area (Å²) in [6.45, 7) is 9.08. The van der Waals surface area contributed by atoms with E-state index in [-0.39, 0.29) is 0 Å². The molecule has 1 atom stereocenters. The molecule has 1 unspecified atom stereocenters. The lowest BCUT2D eigenvalue weighted by molar-refractivity contribution is 0.225. The molecule has 0 heterocycles. The molecule has 18 heavy (non-hydrogen) atoms. The van der Waals surface area contributed by atoms with Crippen molar-refractivity contribution in [2.75, 3.05) is 11.9 Å². The van der Waals surface area contributed by atoms with E-state index >= 15 is 0 Å². The molecule has 0 amide bonds. The minimum Gasteiger partial charge on any atom is -0.493 e. The molecular formula is C15H20BrNO. The van der Waals surface area contributed by atoms with E-state index in [9.17, 15) is 0 Å². The third kappa shape index (κ3) is 3.74. The van der Waals surface area contributed by atoms with Crippen LogP contribution in [0.15, 0.2) is 12.1 Å². The van der Waals surface area contributed by atoms with E-state index in [0.717, 1.165) is 22.2 Å². The van der Waals surface area contributed by atoms with Crippen LogP contribution < -0.4 is 4.74 Å². The van der Waals surface area contributed by atoms with Gasteiger partial charge in [0.25, 0.3) is 0 Å². The number of nitriles is 1.